The van der Waals surface area contributed by atoms with Crippen molar-refractivity contribution in [3.63, 3.8) is 0 Å². The van der Waals surface area contributed by atoms with Crippen LogP contribution in [-0.2, 0) is 6.54 Å². The largest absolute Gasteiger partial charge is 0.339 e. The quantitative estimate of drug-likeness (QED) is 0.433. The Kier molecular flexibility index (Phi) is 6.60. The molecule has 1 amide bonds. The molecule has 2 heterocycles. The SMILES string of the molecule is CCN(CC)C(=O)c1cc(C)nc2c1c(=O)n(Cc1ccc(C#N)cc1)c(=O)n2-c1ccccc1. The lowest BCUT2D eigenvalue weighted by Crippen LogP contribution is -2.41. The summed E-state index contributed by atoms with van der Waals surface area (Å²) in [5, 5.41) is 9.18. The minimum atomic E-state index is -0.579. The molecule has 0 aliphatic carbocycles. The lowest BCUT2D eigenvalue weighted by atomic mass is 10.1. The van der Waals surface area contributed by atoms with Crippen LogP contribution in [0.4, 0.5) is 0 Å². The molecule has 8 heteroatoms. The van der Waals surface area contributed by atoms with Crippen LogP contribution in [0.5, 0.6) is 0 Å². The molecule has 0 bridgehead atoms. The van der Waals surface area contributed by atoms with E-state index in [1.54, 1.807) is 66.4 Å². The van der Waals surface area contributed by atoms with Gasteiger partial charge in [0.2, 0.25) is 0 Å². The van der Waals surface area contributed by atoms with Gasteiger partial charge >= 0.3 is 5.69 Å². The van der Waals surface area contributed by atoms with Gasteiger partial charge in [0.15, 0.2) is 5.65 Å². The fourth-order valence-electron chi connectivity index (χ4n) is 4.13. The zero-order chi connectivity index (χ0) is 25.1. The molecule has 0 atom stereocenters. The maximum atomic E-state index is 13.8. The summed E-state index contributed by atoms with van der Waals surface area (Å²) in [4.78, 5) is 47.1. The van der Waals surface area contributed by atoms with Gasteiger partial charge in [0.25, 0.3) is 11.5 Å². The van der Waals surface area contributed by atoms with Gasteiger partial charge in [-0.05, 0) is 56.7 Å². The highest BCUT2D eigenvalue weighted by Gasteiger charge is 2.24. The van der Waals surface area contributed by atoms with E-state index < -0.39 is 11.2 Å². The summed E-state index contributed by atoms with van der Waals surface area (Å²) in [5.41, 5.74) is 1.46. The highest BCUT2D eigenvalue weighted by molar-refractivity contribution is 6.05. The number of hydrogen-bond donors (Lipinski definition) is 0. The molecule has 0 aliphatic heterocycles. The van der Waals surface area contributed by atoms with Crippen molar-refractivity contribution in [2.45, 2.75) is 27.3 Å². The lowest BCUT2D eigenvalue weighted by molar-refractivity contribution is 0.0774. The molecule has 176 valence electrons. The number of para-hydroxylation sites is 1. The number of aromatic nitrogens is 3. The maximum absolute atomic E-state index is 13.8. The number of carbonyl (C=O) groups is 1. The summed E-state index contributed by atoms with van der Waals surface area (Å²) < 4.78 is 2.50. The Morgan fingerprint density at radius 1 is 1.03 bits per heavy atom. The summed E-state index contributed by atoms with van der Waals surface area (Å²) in [5.74, 6) is -0.286. The van der Waals surface area contributed by atoms with Gasteiger partial charge in [0.05, 0.1) is 34.8 Å². The average molecular weight is 468 g/mol. The number of amides is 1. The van der Waals surface area contributed by atoms with Crippen molar-refractivity contribution in [1.29, 1.82) is 5.26 Å². The first-order valence-electron chi connectivity index (χ1n) is 11.4. The third-order valence-corrected chi connectivity index (χ3v) is 5.94. The number of hydrogen-bond acceptors (Lipinski definition) is 5. The van der Waals surface area contributed by atoms with Crippen LogP contribution in [0.15, 0.2) is 70.3 Å². The molecule has 0 radical (unpaired) electrons. The topological polar surface area (TPSA) is 101 Å². The van der Waals surface area contributed by atoms with Crippen LogP contribution in [0.1, 0.15) is 41.0 Å². The molecule has 0 saturated carbocycles. The number of nitriles is 1. The zero-order valence-electron chi connectivity index (χ0n) is 19.9. The van der Waals surface area contributed by atoms with E-state index in [1.165, 1.54) is 4.57 Å². The van der Waals surface area contributed by atoms with Gasteiger partial charge in [-0.1, -0.05) is 30.3 Å². The molecule has 0 aliphatic rings. The van der Waals surface area contributed by atoms with Crippen molar-refractivity contribution in [1.82, 2.24) is 19.0 Å². The Hall–Kier alpha value is -4.51. The van der Waals surface area contributed by atoms with Gasteiger partial charge in [-0.3, -0.25) is 14.2 Å². The summed E-state index contributed by atoms with van der Waals surface area (Å²) in [6.07, 6.45) is 0. The normalized spacial score (nSPS) is 10.8. The lowest BCUT2D eigenvalue weighted by Gasteiger charge is -2.21. The predicted octanol–water partition coefficient (Wildman–Crippen LogP) is 3.26. The van der Waals surface area contributed by atoms with E-state index in [0.717, 1.165) is 4.57 Å². The fraction of sp³-hybridized carbons (Fsp3) is 0.222. The third kappa shape index (κ3) is 4.36. The molecular weight excluding hydrogens is 442 g/mol. The van der Waals surface area contributed by atoms with Crippen molar-refractivity contribution in [2.75, 3.05) is 13.1 Å². The minimum Gasteiger partial charge on any atom is -0.339 e. The molecule has 0 fully saturated rings. The minimum absolute atomic E-state index is 0.0150. The smallest absolute Gasteiger partial charge is 0.337 e. The number of fused-ring (bicyclic) bond motifs is 1. The van der Waals surface area contributed by atoms with Crippen molar-refractivity contribution >= 4 is 16.9 Å². The van der Waals surface area contributed by atoms with Gasteiger partial charge in [0, 0.05) is 18.8 Å². The Labute approximate surface area is 202 Å². The van der Waals surface area contributed by atoms with Gasteiger partial charge < -0.3 is 4.90 Å². The van der Waals surface area contributed by atoms with Gasteiger partial charge in [0.1, 0.15) is 0 Å². The van der Waals surface area contributed by atoms with E-state index in [-0.39, 0.29) is 29.0 Å². The van der Waals surface area contributed by atoms with Crippen LogP contribution >= 0.6 is 0 Å². The summed E-state index contributed by atoms with van der Waals surface area (Å²) >= 11 is 0. The first-order chi connectivity index (χ1) is 16.9. The summed E-state index contributed by atoms with van der Waals surface area (Å²) in [7, 11) is 0. The highest BCUT2D eigenvalue weighted by Crippen LogP contribution is 2.19. The average Bonchev–Trinajstić information content (AvgIpc) is 2.87. The Balaban J connectivity index is 2.08. The molecule has 0 spiro atoms. The number of nitrogens with zero attached hydrogens (tertiary/aromatic N) is 5. The third-order valence-electron chi connectivity index (χ3n) is 5.94. The van der Waals surface area contributed by atoms with E-state index in [9.17, 15) is 14.4 Å². The van der Waals surface area contributed by atoms with Crippen LogP contribution in [-0.4, -0.2) is 38.0 Å². The summed E-state index contributed by atoms with van der Waals surface area (Å²) in [6.45, 7) is 6.44. The van der Waals surface area contributed by atoms with Gasteiger partial charge in [-0.15, -0.1) is 0 Å². The number of carbonyl (C=O) groups excluding carboxylic acids is 1. The molecule has 2 aromatic carbocycles. The predicted molar refractivity (Wildman–Crippen MR) is 134 cm³/mol. The second-order valence-corrected chi connectivity index (χ2v) is 8.14. The molecule has 0 N–H and O–H groups in total. The van der Waals surface area contributed by atoms with Crippen molar-refractivity contribution in [3.8, 4) is 11.8 Å². The Morgan fingerprint density at radius 3 is 2.29 bits per heavy atom. The molecule has 0 unspecified atom stereocenters. The second-order valence-electron chi connectivity index (χ2n) is 8.14. The van der Waals surface area contributed by atoms with E-state index >= 15 is 0 Å². The monoisotopic (exact) mass is 467 g/mol. The molecule has 0 saturated heterocycles. The van der Waals surface area contributed by atoms with Crippen LogP contribution in [0.3, 0.4) is 0 Å². The number of aryl methyl sites for hydroxylation is 1. The van der Waals surface area contributed by atoms with E-state index in [4.69, 9.17) is 5.26 Å². The highest BCUT2D eigenvalue weighted by atomic mass is 16.2. The number of benzene rings is 2. The van der Waals surface area contributed by atoms with Crippen LogP contribution in [0.2, 0.25) is 0 Å². The number of rotatable bonds is 6. The van der Waals surface area contributed by atoms with Crippen molar-refractivity contribution in [2.24, 2.45) is 0 Å². The van der Waals surface area contributed by atoms with Gasteiger partial charge in [-0.2, -0.15) is 5.26 Å². The number of pyridine rings is 1. The van der Waals surface area contributed by atoms with Crippen LogP contribution in [0, 0.1) is 18.3 Å². The molecular formula is C27H25N5O3. The molecule has 2 aromatic heterocycles. The molecule has 35 heavy (non-hydrogen) atoms. The van der Waals surface area contributed by atoms with Crippen LogP contribution in [0.25, 0.3) is 16.7 Å². The van der Waals surface area contributed by atoms with Crippen LogP contribution < -0.4 is 11.2 Å². The Morgan fingerprint density at radius 2 is 1.69 bits per heavy atom. The fourth-order valence-corrected chi connectivity index (χ4v) is 4.13. The standard InChI is InChI=1S/C27H25N5O3/c1-4-30(5-2)25(33)22-15-18(3)29-24-23(22)26(34)31(17-20-13-11-19(16-28)12-14-20)27(35)32(24)21-9-7-6-8-10-21/h6-15H,4-5,17H2,1-3H3. The summed E-state index contributed by atoms with van der Waals surface area (Å²) in [6, 6.07) is 19.3. The first-order valence-corrected chi connectivity index (χ1v) is 11.4. The van der Waals surface area contributed by atoms with E-state index in [0.29, 0.717) is 35.6 Å². The maximum Gasteiger partial charge on any atom is 0.337 e. The zero-order valence-corrected chi connectivity index (χ0v) is 19.9. The molecule has 4 aromatic rings. The van der Waals surface area contributed by atoms with Crippen molar-refractivity contribution < 1.29 is 4.79 Å². The van der Waals surface area contributed by atoms with E-state index in [2.05, 4.69) is 11.1 Å². The van der Waals surface area contributed by atoms with Gasteiger partial charge in [-0.25, -0.2) is 14.3 Å². The van der Waals surface area contributed by atoms with Crippen molar-refractivity contribution in [3.05, 3.63) is 104 Å². The first kappa shape index (κ1) is 23.6. The van der Waals surface area contributed by atoms with E-state index in [1.807, 2.05) is 19.9 Å². The second kappa shape index (κ2) is 9.77. The molecule has 4 rings (SSSR count). The Bertz CT molecular complexity index is 1560. The molecule has 8 nitrogen and oxygen atoms in total.